The van der Waals surface area contributed by atoms with E-state index in [1.807, 2.05) is 61.7 Å². The van der Waals surface area contributed by atoms with Crippen molar-refractivity contribution in [2.75, 3.05) is 5.32 Å². The van der Waals surface area contributed by atoms with E-state index in [1.165, 1.54) is 11.8 Å². The summed E-state index contributed by atoms with van der Waals surface area (Å²) in [5, 5.41) is 12.7. The zero-order valence-electron chi connectivity index (χ0n) is 18.2. The molecule has 164 valence electrons. The number of aryl methyl sites for hydroxylation is 2. The minimum Gasteiger partial charge on any atom is -0.325 e. The zero-order chi connectivity index (χ0) is 22.7. The summed E-state index contributed by atoms with van der Waals surface area (Å²) < 4.78 is 1.91. The van der Waals surface area contributed by atoms with E-state index in [0.29, 0.717) is 40.0 Å². The number of rotatable bonds is 7. The van der Waals surface area contributed by atoms with E-state index in [9.17, 15) is 9.59 Å². The number of aromatic amines is 1. The molecule has 2 N–H and O–H groups in total. The van der Waals surface area contributed by atoms with Crippen molar-refractivity contribution < 1.29 is 4.79 Å². The van der Waals surface area contributed by atoms with E-state index in [1.54, 1.807) is 6.07 Å². The monoisotopic (exact) mass is 448 g/mol. The second-order valence-corrected chi connectivity index (χ2v) is 8.45. The van der Waals surface area contributed by atoms with Crippen LogP contribution in [0.15, 0.2) is 52.4 Å². The van der Waals surface area contributed by atoms with Crippen LogP contribution in [0.25, 0.3) is 10.9 Å². The molecule has 2 aromatic carbocycles. The summed E-state index contributed by atoms with van der Waals surface area (Å²) >= 11 is 1.42. The van der Waals surface area contributed by atoms with Crippen LogP contribution in [-0.2, 0) is 23.5 Å². The lowest BCUT2D eigenvalue weighted by molar-refractivity contribution is -0.115. The molecular formula is C23H24N6O2S. The number of carbonyl (C=O) groups excluding carboxylic acids is 1. The number of nitrogens with zero attached hydrogens (tertiary/aromatic N) is 4. The molecule has 0 bridgehead atoms. The molecule has 0 saturated carbocycles. The molecule has 2 heterocycles. The Labute approximate surface area is 189 Å². The number of carbonyl (C=O) groups is 1. The Morgan fingerprint density at radius 2 is 1.97 bits per heavy atom. The Bertz CT molecular complexity index is 1340. The van der Waals surface area contributed by atoms with Crippen LogP contribution in [0.5, 0.6) is 0 Å². The second kappa shape index (κ2) is 9.35. The summed E-state index contributed by atoms with van der Waals surface area (Å²) in [6.07, 6.45) is 0.125. The number of fused-ring (bicyclic) bond motifs is 1. The third kappa shape index (κ3) is 4.72. The molecule has 2 aromatic heterocycles. The van der Waals surface area contributed by atoms with Gasteiger partial charge in [-0.3, -0.25) is 9.59 Å². The van der Waals surface area contributed by atoms with Gasteiger partial charge < -0.3 is 14.9 Å². The number of amides is 1. The fourth-order valence-corrected chi connectivity index (χ4v) is 4.39. The normalized spacial score (nSPS) is 11.1. The highest BCUT2D eigenvalue weighted by atomic mass is 32.2. The van der Waals surface area contributed by atoms with Gasteiger partial charge in [-0.1, -0.05) is 41.6 Å². The first-order chi connectivity index (χ1) is 15.4. The molecule has 0 spiro atoms. The first-order valence-electron chi connectivity index (χ1n) is 10.3. The Hall–Kier alpha value is -3.46. The van der Waals surface area contributed by atoms with E-state index in [0.717, 1.165) is 16.8 Å². The van der Waals surface area contributed by atoms with Crippen molar-refractivity contribution in [3.8, 4) is 0 Å². The molecule has 0 aliphatic carbocycles. The maximum absolute atomic E-state index is 12.6. The topological polar surface area (TPSA) is 106 Å². The summed E-state index contributed by atoms with van der Waals surface area (Å²) in [6, 6.07) is 13.2. The van der Waals surface area contributed by atoms with Crippen molar-refractivity contribution in [3.63, 3.8) is 0 Å². The highest BCUT2D eigenvalue weighted by molar-refractivity contribution is 7.98. The average Bonchev–Trinajstić information content (AvgIpc) is 3.15. The number of para-hydroxylation sites is 1. The first kappa shape index (κ1) is 21.8. The molecule has 0 saturated heterocycles. The van der Waals surface area contributed by atoms with Crippen molar-refractivity contribution in [2.45, 2.75) is 44.6 Å². The van der Waals surface area contributed by atoms with Gasteiger partial charge in [0, 0.05) is 12.2 Å². The van der Waals surface area contributed by atoms with Crippen LogP contribution in [0.3, 0.4) is 0 Å². The second-order valence-electron chi connectivity index (χ2n) is 7.50. The predicted molar refractivity (Wildman–Crippen MR) is 126 cm³/mol. The number of hydrogen-bond donors (Lipinski definition) is 2. The standard InChI is InChI=1S/C23H24N6O2S/c1-4-29-20(12-21(30)25-17-10-9-14(2)11-15(17)3)27-28-23(29)32-13-19-24-18-8-6-5-7-16(18)22(31)26-19/h5-11H,4,12-13H2,1-3H3,(H,25,30)(H,24,26,31). The Kier molecular flexibility index (Phi) is 6.36. The van der Waals surface area contributed by atoms with E-state index in [2.05, 4.69) is 25.5 Å². The van der Waals surface area contributed by atoms with Crippen LogP contribution < -0.4 is 10.9 Å². The molecule has 8 nitrogen and oxygen atoms in total. The highest BCUT2D eigenvalue weighted by Gasteiger charge is 2.16. The molecule has 9 heteroatoms. The van der Waals surface area contributed by atoms with Crippen molar-refractivity contribution in [2.24, 2.45) is 0 Å². The SMILES string of the molecule is CCn1c(CC(=O)Nc2ccc(C)cc2C)nnc1SCc1nc2ccccc2c(=O)[nH]1. The van der Waals surface area contributed by atoms with Gasteiger partial charge in [0.2, 0.25) is 5.91 Å². The van der Waals surface area contributed by atoms with Gasteiger partial charge in [-0.2, -0.15) is 0 Å². The van der Waals surface area contributed by atoms with E-state index >= 15 is 0 Å². The van der Waals surface area contributed by atoms with Gasteiger partial charge in [0.15, 0.2) is 5.16 Å². The fraction of sp³-hybridized carbons (Fsp3) is 0.261. The molecule has 0 radical (unpaired) electrons. The largest absolute Gasteiger partial charge is 0.325 e. The summed E-state index contributed by atoms with van der Waals surface area (Å²) in [7, 11) is 0. The molecule has 0 fully saturated rings. The first-order valence-corrected chi connectivity index (χ1v) is 11.3. The summed E-state index contributed by atoms with van der Waals surface area (Å²) in [5.74, 6) is 1.46. The van der Waals surface area contributed by atoms with Gasteiger partial charge in [-0.05, 0) is 44.5 Å². The summed E-state index contributed by atoms with van der Waals surface area (Å²) in [5.41, 5.74) is 3.46. The van der Waals surface area contributed by atoms with Gasteiger partial charge in [0.1, 0.15) is 11.6 Å². The molecule has 4 aromatic rings. The third-order valence-electron chi connectivity index (χ3n) is 5.08. The van der Waals surface area contributed by atoms with Gasteiger partial charge in [-0.15, -0.1) is 10.2 Å². The molecule has 1 amide bonds. The van der Waals surface area contributed by atoms with Crippen LogP contribution in [0.2, 0.25) is 0 Å². The van der Waals surface area contributed by atoms with Crippen molar-refractivity contribution in [3.05, 3.63) is 75.6 Å². The summed E-state index contributed by atoms with van der Waals surface area (Å²) in [6.45, 7) is 6.60. The number of hydrogen-bond acceptors (Lipinski definition) is 6. The smallest absolute Gasteiger partial charge is 0.258 e. The van der Waals surface area contributed by atoms with Crippen LogP contribution in [0.4, 0.5) is 5.69 Å². The van der Waals surface area contributed by atoms with Crippen LogP contribution in [0, 0.1) is 13.8 Å². The number of benzene rings is 2. The van der Waals surface area contributed by atoms with Crippen molar-refractivity contribution in [1.82, 2.24) is 24.7 Å². The predicted octanol–water partition coefficient (Wildman–Crippen LogP) is 3.62. The lowest BCUT2D eigenvalue weighted by atomic mass is 10.1. The molecule has 32 heavy (non-hydrogen) atoms. The zero-order valence-corrected chi connectivity index (χ0v) is 19.0. The number of aromatic nitrogens is 5. The maximum atomic E-state index is 12.6. The minimum atomic E-state index is -0.160. The van der Waals surface area contributed by atoms with Gasteiger partial charge in [0.25, 0.3) is 5.56 Å². The maximum Gasteiger partial charge on any atom is 0.258 e. The molecule has 0 aliphatic rings. The molecule has 4 rings (SSSR count). The summed E-state index contributed by atoms with van der Waals surface area (Å²) in [4.78, 5) is 32.2. The number of nitrogens with one attached hydrogen (secondary N) is 2. The lowest BCUT2D eigenvalue weighted by Crippen LogP contribution is -2.18. The molecule has 0 unspecified atom stereocenters. The number of anilines is 1. The van der Waals surface area contributed by atoms with Crippen LogP contribution in [0.1, 0.15) is 29.7 Å². The fourth-order valence-electron chi connectivity index (χ4n) is 3.50. The van der Waals surface area contributed by atoms with Crippen molar-refractivity contribution >= 4 is 34.3 Å². The molecule has 0 aliphatic heterocycles. The van der Waals surface area contributed by atoms with Crippen molar-refractivity contribution in [1.29, 1.82) is 0 Å². The number of H-pyrrole nitrogens is 1. The molecule has 0 atom stereocenters. The van der Waals surface area contributed by atoms with E-state index in [4.69, 9.17) is 0 Å². The lowest BCUT2D eigenvalue weighted by Gasteiger charge is -2.10. The average molecular weight is 449 g/mol. The van der Waals surface area contributed by atoms with Gasteiger partial charge in [-0.25, -0.2) is 4.98 Å². The minimum absolute atomic E-state index is 0.125. The third-order valence-corrected chi connectivity index (χ3v) is 6.06. The van der Waals surface area contributed by atoms with Crippen LogP contribution in [-0.4, -0.2) is 30.6 Å². The quantitative estimate of drug-likeness (QED) is 0.418. The van der Waals surface area contributed by atoms with Gasteiger partial charge in [0.05, 0.1) is 23.1 Å². The molecular weight excluding hydrogens is 424 g/mol. The Morgan fingerprint density at radius 3 is 2.75 bits per heavy atom. The number of thioether (sulfide) groups is 1. The highest BCUT2D eigenvalue weighted by Crippen LogP contribution is 2.22. The Balaban J connectivity index is 1.46. The van der Waals surface area contributed by atoms with Crippen LogP contribution >= 0.6 is 11.8 Å². The van der Waals surface area contributed by atoms with E-state index in [-0.39, 0.29) is 17.9 Å². The van der Waals surface area contributed by atoms with E-state index < -0.39 is 0 Å². The Morgan fingerprint density at radius 1 is 1.16 bits per heavy atom. The van der Waals surface area contributed by atoms with Gasteiger partial charge >= 0.3 is 0 Å².